The van der Waals surface area contributed by atoms with Gasteiger partial charge in [0, 0.05) is 5.56 Å². The predicted octanol–water partition coefficient (Wildman–Crippen LogP) is 4.88. The maximum atomic E-state index is 12.9. The third kappa shape index (κ3) is 5.82. The largest absolute Gasteiger partial charge is 0.494 e. The van der Waals surface area contributed by atoms with Crippen LogP contribution < -0.4 is 9.54 Å². The van der Waals surface area contributed by atoms with E-state index in [1.54, 1.807) is 29.7 Å². The van der Waals surface area contributed by atoms with E-state index < -0.39 is 0 Å². The predicted molar refractivity (Wildman–Crippen MR) is 123 cm³/mol. The lowest BCUT2D eigenvalue weighted by Gasteiger charge is -2.07. The van der Waals surface area contributed by atoms with Gasteiger partial charge in [-0.25, -0.2) is 0 Å². The molecule has 0 saturated heterocycles. The smallest absolute Gasteiger partial charge is 0.326 e. The summed E-state index contributed by atoms with van der Waals surface area (Å²) in [5, 5.41) is 0. The van der Waals surface area contributed by atoms with Crippen LogP contribution in [0.25, 0.3) is 10.2 Å². The van der Waals surface area contributed by atoms with E-state index in [1.807, 2.05) is 31.2 Å². The Morgan fingerprint density at radius 3 is 2.68 bits per heavy atom. The van der Waals surface area contributed by atoms with Gasteiger partial charge in [0.2, 0.25) is 0 Å². The van der Waals surface area contributed by atoms with E-state index in [4.69, 9.17) is 9.47 Å². The molecule has 6 nitrogen and oxygen atoms in total. The van der Waals surface area contributed by atoms with Gasteiger partial charge in [0.25, 0.3) is 5.91 Å². The number of para-hydroxylation sites is 1. The average molecular weight is 441 g/mol. The van der Waals surface area contributed by atoms with Gasteiger partial charge < -0.3 is 14.0 Å². The molecule has 7 heteroatoms. The highest BCUT2D eigenvalue weighted by Crippen LogP contribution is 2.21. The Balaban J connectivity index is 1.94. The third-order valence-electron chi connectivity index (χ3n) is 4.79. The van der Waals surface area contributed by atoms with Gasteiger partial charge in [-0.05, 0) is 50.1 Å². The number of aryl methyl sites for hydroxylation is 1. The lowest BCUT2D eigenvalue weighted by atomic mass is 10.2. The molecule has 3 rings (SSSR count). The highest BCUT2D eigenvalue weighted by Gasteiger charge is 2.14. The third-order valence-corrected chi connectivity index (χ3v) is 5.83. The fraction of sp³-hybridized carbons (Fsp3) is 0.375. The minimum atomic E-state index is -0.374. The summed E-state index contributed by atoms with van der Waals surface area (Å²) in [6, 6.07) is 13.0. The number of hydrogen-bond acceptors (Lipinski definition) is 5. The Bertz CT molecular complexity index is 1130. The Hall–Kier alpha value is -2.93. The highest BCUT2D eigenvalue weighted by atomic mass is 32.1. The lowest BCUT2D eigenvalue weighted by Crippen LogP contribution is -2.23. The van der Waals surface area contributed by atoms with Gasteiger partial charge in [0.1, 0.15) is 12.3 Å². The van der Waals surface area contributed by atoms with Gasteiger partial charge in [-0.1, -0.05) is 49.3 Å². The molecule has 164 valence electrons. The lowest BCUT2D eigenvalue weighted by molar-refractivity contribution is -0.143. The van der Waals surface area contributed by atoms with Crippen molar-refractivity contribution in [3.05, 3.63) is 58.4 Å². The number of rotatable bonds is 9. The SMILES string of the molecule is CCCCCOc1cccc(C(=O)N=c2sc3cccc(C)c3n2CC(=O)OCC)c1. The van der Waals surface area contributed by atoms with Crippen LogP contribution in [0.1, 0.15) is 49.0 Å². The van der Waals surface area contributed by atoms with Crippen molar-refractivity contribution in [2.75, 3.05) is 13.2 Å². The molecule has 1 amide bonds. The van der Waals surface area contributed by atoms with Crippen LogP contribution in [0, 0.1) is 6.92 Å². The number of aromatic nitrogens is 1. The fourth-order valence-corrected chi connectivity index (χ4v) is 4.39. The van der Waals surface area contributed by atoms with Gasteiger partial charge >= 0.3 is 5.97 Å². The summed E-state index contributed by atoms with van der Waals surface area (Å²) in [7, 11) is 0. The van der Waals surface area contributed by atoms with E-state index in [0.717, 1.165) is 35.0 Å². The monoisotopic (exact) mass is 440 g/mol. The molecule has 0 aliphatic heterocycles. The molecule has 0 bridgehead atoms. The second-order valence-electron chi connectivity index (χ2n) is 7.20. The van der Waals surface area contributed by atoms with E-state index in [9.17, 15) is 9.59 Å². The number of benzene rings is 2. The first-order valence-corrected chi connectivity index (χ1v) is 11.4. The van der Waals surface area contributed by atoms with Crippen LogP contribution in [0.5, 0.6) is 5.75 Å². The van der Waals surface area contributed by atoms with Crippen molar-refractivity contribution in [3.63, 3.8) is 0 Å². The summed E-state index contributed by atoms with van der Waals surface area (Å²) in [5.41, 5.74) is 2.35. The molecule has 0 fully saturated rings. The number of unbranched alkanes of at least 4 members (excludes halogenated alkanes) is 2. The highest BCUT2D eigenvalue weighted by molar-refractivity contribution is 7.16. The summed E-state index contributed by atoms with van der Waals surface area (Å²) in [6.07, 6.45) is 3.22. The van der Waals surface area contributed by atoms with Gasteiger partial charge in [0.15, 0.2) is 4.80 Å². The van der Waals surface area contributed by atoms with Crippen molar-refractivity contribution in [2.24, 2.45) is 4.99 Å². The number of ether oxygens (including phenoxy) is 2. The maximum absolute atomic E-state index is 12.9. The molecule has 3 aromatic rings. The average Bonchev–Trinajstić information content (AvgIpc) is 3.09. The summed E-state index contributed by atoms with van der Waals surface area (Å²) in [4.78, 5) is 29.9. The normalized spacial score (nSPS) is 11.6. The number of nitrogens with zero attached hydrogens (tertiary/aromatic N) is 2. The minimum absolute atomic E-state index is 0.00534. The van der Waals surface area contributed by atoms with Crippen molar-refractivity contribution in [1.82, 2.24) is 4.57 Å². The van der Waals surface area contributed by atoms with Crippen LogP contribution in [0.15, 0.2) is 47.5 Å². The van der Waals surface area contributed by atoms with Gasteiger partial charge in [-0.3, -0.25) is 9.59 Å². The zero-order valence-electron chi connectivity index (χ0n) is 18.2. The molecular formula is C24H28N2O4S. The van der Waals surface area contributed by atoms with Crippen LogP contribution in [0.2, 0.25) is 0 Å². The topological polar surface area (TPSA) is 69.9 Å². The molecule has 0 unspecified atom stereocenters. The van der Waals surface area contributed by atoms with Crippen molar-refractivity contribution in [1.29, 1.82) is 0 Å². The summed E-state index contributed by atoms with van der Waals surface area (Å²) >= 11 is 1.38. The first-order chi connectivity index (χ1) is 15.0. The van der Waals surface area contributed by atoms with E-state index in [2.05, 4.69) is 11.9 Å². The number of esters is 1. The Morgan fingerprint density at radius 2 is 1.90 bits per heavy atom. The van der Waals surface area contributed by atoms with E-state index >= 15 is 0 Å². The maximum Gasteiger partial charge on any atom is 0.326 e. The Kier molecular flexibility index (Phi) is 8.00. The molecule has 0 spiro atoms. The van der Waals surface area contributed by atoms with E-state index in [0.29, 0.717) is 29.3 Å². The fourth-order valence-electron chi connectivity index (χ4n) is 3.29. The standard InChI is InChI=1S/C24H28N2O4S/c1-4-6-7-14-30-19-12-9-11-18(15-19)23(28)25-24-26(16-21(27)29-5-2)22-17(3)10-8-13-20(22)31-24/h8-13,15H,4-7,14,16H2,1-3H3. The molecule has 2 aromatic carbocycles. The first-order valence-electron chi connectivity index (χ1n) is 10.6. The zero-order valence-corrected chi connectivity index (χ0v) is 19.0. The molecule has 0 aliphatic rings. The summed E-state index contributed by atoms with van der Waals surface area (Å²) in [6.45, 7) is 6.82. The van der Waals surface area contributed by atoms with E-state index in [-0.39, 0.29) is 18.4 Å². The minimum Gasteiger partial charge on any atom is -0.494 e. The van der Waals surface area contributed by atoms with Crippen molar-refractivity contribution >= 4 is 33.4 Å². The number of fused-ring (bicyclic) bond motifs is 1. The number of hydrogen-bond donors (Lipinski definition) is 0. The van der Waals surface area contributed by atoms with Crippen molar-refractivity contribution in [3.8, 4) is 5.75 Å². The molecule has 31 heavy (non-hydrogen) atoms. The molecule has 0 N–H and O–H groups in total. The number of thiazole rings is 1. The van der Waals surface area contributed by atoms with Crippen molar-refractivity contribution < 1.29 is 19.1 Å². The van der Waals surface area contributed by atoms with E-state index in [1.165, 1.54) is 11.3 Å². The molecule has 1 heterocycles. The molecule has 0 saturated carbocycles. The van der Waals surface area contributed by atoms with Crippen LogP contribution in [-0.4, -0.2) is 29.7 Å². The molecular weight excluding hydrogens is 412 g/mol. The van der Waals surface area contributed by atoms with Crippen molar-refractivity contribution in [2.45, 2.75) is 46.6 Å². The number of amides is 1. The van der Waals surface area contributed by atoms with Gasteiger partial charge in [-0.2, -0.15) is 4.99 Å². The second-order valence-corrected chi connectivity index (χ2v) is 8.21. The quantitative estimate of drug-likeness (QED) is 0.351. The molecule has 0 aliphatic carbocycles. The van der Waals surface area contributed by atoms with Gasteiger partial charge in [-0.15, -0.1) is 0 Å². The second kappa shape index (κ2) is 10.9. The molecule has 0 radical (unpaired) electrons. The Morgan fingerprint density at radius 1 is 1.10 bits per heavy atom. The molecule has 0 atom stereocenters. The number of carbonyl (C=O) groups excluding carboxylic acids is 2. The molecule has 1 aromatic heterocycles. The Labute approximate surface area is 186 Å². The summed E-state index contributed by atoms with van der Waals surface area (Å²) in [5.74, 6) is -0.0774. The zero-order chi connectivity index (χ0) is 22.2. The summed E-state index contributed by atoms with van der Waals surface area (Å²) < 4.78 is 13.6. The van der Waals surface area contributed by atoms with Crippen LogP contribution >= 0.6 is 11.3 Å². The van der Waals surface area contributed by atoms with Crippen LogP contribution in [0.3, 0.4) is 0 Å². The first kappa shape index (κ1) is 22.7. The van der Waals surface area contributed by atoms with Crippen LogP contribution in [0.4, 0.5) is 0 Å². The number of carbonyl (C=O) groups is 2. The van der Waals surface area contributed by atoms with Gasteiger partial charge in [0.05, 0.1) is 23.4 Å². The van der Waals surface area contributed by atoms with Crippen LogP contribution in [-0.2, 0) is 16.1 Å².